The van der Waals surface area contributed by atoms with Gasteiger partial charge in [0.05, 0.1) is 36.8 Å². The number of hydrogen-bond acceptors (Lipinski definition) is 5. The summed E-state index contributed by atoms with van der Waals surface area (Å²) < 4.78 is 45.1. The first-order valence-corrected chi connectivity index (χ1v) is 13.0. The van der Waals surface area contributed by atoms with Crippen LogP contribution in [0.1, 0.15) is 16.7 Å². The van der Waals surface area contributed by atoms with Crippen LogP contribution in [0.25, 0.3) is 10.9 Å². The van der Waals surface area contributed by atoms with Crippen molar-refractivity contribution in [2.75, 3.05) is 20.8 Å². The zero-order valence-electron chi connectivity index (χ0n) is 19.5. The number of methoxy groups -OCH3 is 2. The van der Waals surface area contributed by atoms with Crippen molar-refractivity contribution in [3.05, 3.63) is 88.0 Å². The van der Waals surface area contributed by atoms with Crippen molar-refractivity contribution < 1.29 is 22.6 Å². The van der Waals surface area contributed by atoms with Gasteiger partial charge in [-0.05, 0) is 42.8 Å². The van der Waals surface area contributed by atoms with Crippen LogP contribution in [-0.2, 0) is 21.4 Å². The molecule has 0 aliphatic rings. The first-order valence-electron chi connectivity index (χ1n) is 10.7. The summed E-state index contributed by atoms with van der Waals surface area (Å²) in [5.41, 5.74) is 3.08. The lowest BCUT2D eigenvalue weighted by Crippen LogP contribution is -2.11. The molecule has 3 aromatic carbocycles. The largest absolute Gasteiger partial charge is 0.493 e. The van der Waals surface area contributed by atoms with Crippen LogP contribution in [-0.4, -0.2) is 33.2 Å². The summed E-state index contributed by atoms with van der Waals surface area (Å²) in [5.74, 6) is 7.30. The van der Waals surface area contributed by atoms with Crippen LogP contribution in [0, 0.1) is 18.8 Å². The maximum Gasteiger partial charge on any atom is 0.268 e. The van der Waals surface area contributed by atoms with Crippen LogP contribution >= 0.6 is 15.9 Å². The monoisotopic (exact) mass is 553 g/mol. The number of aryl methyl sites for hydroxylation is 1. The van der Waals surface area contributed by atoms with Gasteiger partial charge in [0.2, 0.25) is 0 Å². The minimum Gasteiger partial charge on any atom is -0.493 e. The Bertz CT molecular complexity index is 1530. The minimum absolute atomic E-state index is 0.172. The number of ether oxygens (including phenoxy) is 3. The van der Waals surface area contributed by atoms with E-state index in [0.717, 1.165) is 21.0 Å². The molecular weight excluding hydrogens is 530 g/mol. The standard InChI is InChI=1S/C27H24BrNO5S/c1-19-10-12-22(13-11-19)35(30,31)29-17-20(23-8-4-5-9-25(23)29)7-6-14-34-18-21-15-26(32-2)27(33-3)16-24(21)28/h4-5,8-13,15-17H,14,18H2,1-3H3. The van der Waals surface area contributed by atoms with E-state index in [1.165, 1.54) is 3.97 Å². The zero-order valence-corrected chi connectivity index (χ0v) is 21.9. The Morgan fingerprint density at radius 2 is 1.66 bits per heavy atom. The quantitative estimate of drug-likeness (QED) is 0.222. The molecule has 6 nitrogen and oxygen atoms in total. The van der Waals surface area contributed by atoms with Crippen molar-refractivity contribution in [2.45, 2.75) is 18.4 Å². The molecule has 0 unspecified atom stereocenters. The molecule has 4 aromatic rings. The highest BCUT2D eigenvalue weighted by Crippen LogP contribution is 2.33. The Labute approximate surface area is 213 Å². The summed E-state index contributed by atoms with van der Waals surface area (Å²) in [6, 6.07) is 17.8. The highest BCUT2D eigenvalue weighted by molar-refractivity contribution is 9.10. The lowest BCUT2D eigenvalue weighted by molar-refractivity contribution is 0.152. The van der Waals surface area contributed by atoms with E-state index in [2.05, 4.69) is 27.8 Å². The van der Waals surface area contributed by atoms with Crippen molar-refractivity contribution in [1.82, 2.24) is 3.97 Å². The molecule has 1 aromatic heterocycles. The molecule has 0 saturated heterocycles. The van der Waals surface area contributed by atoms with Crippen LogP contribution in [0.3, 0.4) is 0 Å². The van der Waals surface area contributed by atoms with Gasteiger partial charge in [0.25, 0.3) is 10.0 Å². The van der Waals surface area contributed by atoms with Crippen molar-refractivity contribution in [2.24, 2.45) is 0 Å². The van der Waals surface area contributed by atoms with E-state index in [4.69, 9.17) is 14.2 Å². The van der Waals surface area contributed by atoms with Crippen molar-refractivity contribution in [3.63, 3.8) is 0 Å². The average molecular weight is 554 g/mol. The van der Waals surface area contributed by atoms with E-state index < -0.39 is 10.0 Å². The smallest absolute Gasteiger partial charge is 0.268 e. The second-order valence-corrected chi connectivity index (χ2v) is 10.4. The number of hydrogen-bond donors (Lipinski definition) is 0. The molecule has 0 fully saturated rings. The van der Waals surface area contributed by atoms with Crippen molar-refractivity contribution in [3.8, 4) is 23.3 Å². The molecule has 0 aliphatic carbocycles. The summed E-state index contributed by atoms with van der Waals surface area (Å²) in [6.07, 6.45) is 1.57. The Morgan fingerprint density at radius 3 is 2.37 bits per heavy atom. The van der Waals surface area contributed by atoms with E-state index in [9.17, 15) is 8.42 Å². The summed E-state index contributed by atoms with van der Waals surface area (Å²) in [5, 5.41) is 0.762. The molecule has 0 amide bonds. The SMILES string of the molecule is COc1cc(Br)c(COCC#Cc2cn(S(=O)(=O)c3ccc(C)cc3)c3ccccc23)cc1OC. The molecule has 0 atom stereocenters. The van der Waals surface area contributed by atoms with Gasteiger partial charge in [0.15, 0.2) is 11.5 Å². The molecule has 35 heavy (non-hydrogen) atoms. The van der Waals surface area contributed by atoms with Gasteiger partial charge in [-0.2, -0.15) is 0 Å². The zero-order chi connectivity index (χ0) is 25.0. The molecule has 0 spiro atoms. The first-order chi connectivity index (χ1) is 16.8. The predicted octanol–water partition coefficient (Wildman–Crippen LogP) is 5.53. The maximum absolute atomic E-state index is 13.3. The number of aromatic nitrogens is 1. The molecular formula is C27H24BrNO5S. The number of para-hydroxylation sites is 1. The molecule has 0 N–H and O–H groups in total. The van der Waals surface area contributed by atoms with Gasteiger partial charge in [-0.3, -0.25) is 0 Å². The van der Waals surface area contributed by atoms with E-state index >= 15 is 0 Å². The fourth-order valence-electron chi connectivity index (χ4n) is 3.62. The Morgan fingerprint density at radius 1 is 0.971 bits per heavy atom. The number of benzene rings is 3. The lowest BCUT2D eigenvalue weighted by Gasteiger charge is -2.11. The fraction of sp³-hybridized carbons (Fsp3) is 0.185. The van der Waals surface area contributed by atoms with E-state index in [1.54, 1.807) is 50.7 Å². The molecule has 0 saturated carbocycles. The van der Waals surface area contributed by atoms with Crippen LogP contribution < -0.4 is 9.47 Å². The summed E-state index contributed by atoms with van der Waals surface area (Å²) >= 11 is 3.52. The third-order valence-electron chi connectivity index (χ3n) is 5.46. The van der Waals surface area contributed by atoms with Crippen LogP contribution in [0.15, 0.2) is 76.2 Å². The predicted molar refractivity (Wildman–Crippen MR) is 139 cm³/mol. The molecule has 0 bridgehead atoms. The summed E-state index contributed by atoms with van der Waals surface area (Å²) in [6.45, 7) is 2.41. The lowest BCUT2D eigenvalue weighted by atomic mass is 10.2. The van der Waals surface area contributed by atoms with Crippen molar-refractivity contribution in [1.29, 1.82) is 0 Å². The number of rotatable bonds is 7. The third-order valence-corrected chi connectivity index (χ3v) is 7.89. The Balaban J connectivity index is 1.55. The Hall–Kier alpha value is -3.25. The highest BCUT2D eigenvalue weighted by Gasteiger charge is 2.20. The number of halogens is 1. The molecule has 1 heterocycles. The van der Waals surface area contributed by atoms with Gasteiger partial charge < -0.3 is 14.2 Å². The third kappa shape index (κ3) is 5.22. The van der Waals surface area contributed by atoms with Gasteiger partial charge in [-0.25, -0.2) is 12.4 Å². The first kappa shape index (κ1) is 24.9. The minimum atomic E-state index is -3.76. The van der Waals surface area contributed by atoms with E-state index in [0.29, 0.717) is 29.2 Å². The topological polar surface area (TPSA) is 66.8 Å². The molecule has 180 valence electrons. The van der Waals surface area contributed by atoms with Crippen LogP contribution in [0.5, 0.6) is 11.5 Å². The van der Waals surface area contributed by atoms with Gasteiger partial charge in [-0.1, -0.05) is 63.7 Å². The number of fused-ring (bicyclic) bond motifs is 1. The van der Waals surface area contributed by atoms with Gasteiger partial charge in [0, 0.05) is 16.1 Å². The highest BCUT2D eigenvalue weighted by atomic mass is 79.9. The molecule has 8 heteroatoms. The second-order valence-electron chi connectivity index (χ2n) is 7.77. The van der Waals surface area contributed by atoms with Crippen molar-refractivity contribution >= 4 is 36.9 Å². The summed E-state index contributed by atoms with van der Waals surface area (Å²) in [7, 11) is -0.597. The maximum atomic E-state index is 13.3. The second kappa shape index (κ2) is 10.6. The van der Waals surface area contributed by atoms with E-state index in [1.807, 2.05) is 37.3 Å². The normalized spacial score (nSPS) is 11.2. The Kier molecular flexibility index (Phi) is 7.51. The molecule has 0 radical (unpaired) electrons. The van der Waals surface area contributed by atoms with Crippen LogP contribution in [0.4, 0.5) is 0 Å². The van der Waals surface area contributed by atoms with E-state index in [-0.39, 0.29) is 11.5 Å². The molecule has 4 rings (SSSR count). The average Bonchev–Trinajstić information content (AvgIpc) is 3.24. The van der Waals surface area contributed by atoms with Crippen LogP contribution in [0.2, 0.25) is 0 Å². The van der Waals surface area contributed by atoms with Gasteiger partial charge >= 0.3 is 0 Å². The summed E-state index contributed by atoms with van der Waals surface area (Å²) in [4.78, 5) is 0.229. The van der Waals surface area contributed by atoms with Gasteiger partial charge in [-0.15, -0.1) is 0 Å². The van der Waals surface area contributed by atoms with Gasteiger partial charge in [0.1, 0.15) is 6.61 Å². The fourth-order valence-corrected chi connectivity index (χ4v) is 5.43. The molecule has 0 aliphatic heterocycles. The number of nitrogens with zero attached hydrogens (tertiary/aromatic N) is 1.